The summed E-state index contributed by atoms with van der Waals surface area (Å²) in [4.78, 5) is 48.6. The second kappa shape index (κ2) is 12.5. The average molecular weight is 588 g/mol. The molecule has 3 aliphatic rings. The summed E-state index contributed by atoms with van der Waals surface area (Å²) in [5, 5.41) is 7.02. The fourth-order valence-electron chi connectivity index (χ4n) is 7.64. The molecule has 228 valence electrons. The van der Waals surface area contributed by atoms with Crippen molar-refractivity contribution in [2.45, 2.75) is 82.0 Å². The molecular weight excluding hydrogens is 545 g/mol. The first kappa shape index (κ1) is 29.4. The van der Waals surface area contributed by atoms with Crippen LogP contribution in [0.25, 0.3) is 10.9 Å². The molecule has 0 bridgehead atoms. The number of hydrogen-bond donors (Lipinski definition) is 3. The summed E-state index contributed by atoms with van der Waals surface area (Å²) >= 11 is 0. The molecule has 2 saturated heterocycles. The number of hydrogen-bond acceptors (Lipinski definition) is 4. The molecule has 1 saturated carbocycles. The van der Waals surface area contributed by atoms with Gasteiger partial charge in [0.25, 0.3) is 0 Å². The van der Waals surface area contributed by atoms with Crippen LogP contribution in [0.15, 0.2) is 54.7 Å². The van der Waals surface area contributed by atoms with Crippen molar-refractivity contribution in [3.05, 3.63) is 71.7 Å². The summed E-state index contributed by atoms with van der Waals surface area (Å²) in [5.41, 5.74) is 2.64. The van der Waals surface area contributed by atoms with E-state index in [1.807, 2.05) is 46.3 Å². The number of carbonyl (C=O) groups is 3. The van der Waals surface area contributed by atoms with Crippen LogP contribution in [-0.2, 0) is 20.8 Å². The van der Waals surface area contributed by atoms with Gasteiger partial charge in [-0.1, -0.05) is 49.6 Å². The Balaban J connectivity index is 1.34. The number of amides is 3. The van der Waals surface area contributed by atoms with Gasteiger partial charge in [-0.15, -0.1) is 0 Å². The van der Waals surface area contributed by atoms with E-state index in [0.29, 0.717) is 31.4 Å². The van der Waals surface area contributed by atoms with Gasteiger partial charge in [0.2, 0.25) is 17.7 Å². The maximum Gasteiger partial charge on any atom is 0.245 e. The molecule has 5 atom stereocenters. The van der Waals surface area contributed by atoms with Gasteiger partial charge in [0, 0.05) is 36.1 Å². The number of benzene rings is 2. The largest absolute Gasteiger partial charge is 0.361 e. The van der Waals surface area contributed by atoms with Gasteiger partial charge in [0.05, 0.1) is 24.5 Å². The van der Waals surface area contributed by atoms with E-state index in [-0.39, 0.29) is 47.5 Å². The highest BCUT2D eigenvalue weighted by Crippen LogP contribution is 2.44. The zero-order chi connectivity index (χ0) is 30.1. The summed E-state index contributed by atoms with van der Waals surface area (Å²) in [7, 11) is 1.74. The summed E-state index contributed by atoms with van der Waals surface area (Å²) in [6.07, 6.45) is 7.95. The number of nitrogens with one attached hydrogen (secondary N) is 3. The van der Waals surface area contributed by atoms with Crippen LogP contribution >= 0.6 is 0 Å². The first-order valence-electron chi connectivity index (χ1n) is 15.7. The van der Waals surface area contributed by atoms with Crippen molar-refractivity contribution in [3.63, 3.8) is 0 Å². The number of fused-ring (bicyclic) bond motifs is 2. The lowest BCUT2D eigenvalue weighted by Gasteiger charge is -2.36. The van der Waals surface area contributed by atoms with Crippen LogP contribution in [0.4, 0.5) is 4.39 Å². The third-order valence-electron chi connectivity index (χ3n) is 10.0. The number of halogens is 1. The van der Waals surface area contributed by atoms with Gasteiger partial charge in [0.15, 0.2) is 0 Å². The summed E-state index contributed by atoms with van der Waals surface area (Å²) < 4.78 is 14.1. The number of carbonyl (C=O) groups excluding carboxylic acids is 3. The topological polar surface area (TPSA) is 97.5 Å². The number of H-pyrrole nitrogens is 1. The monoisotopic (exact) mass is 587 g/mol. The van der Waals surface area contributed by atoms with Gasteiger partial charge in [-0.25, -0.2) is 4.39 Å². The third-order valence-corrected chi connectivity index (χ3v) is 10.0. The van der Waals surface area contributed by atoms with Crippen LogP contribution in [0.3, 0.4) is 0 Å². The fourth-order valence-corrected chi connectivity index (χ4v) is 7.64. The van der Waals surface area contributed by atoms with Crippen LogP contribution in [0.2, 0.25) is 0 Å². The SMILES string of the molecule is CN[C@@H](C)C(=O)N[C@H](C(=O)N1CC[C@@H]2[C@H]1[C@@H](c1c[nH]c3cc(F)ccc13)CN2C(=O)Cc1ccccc1)C1CCCCC1. The zero-order valence-electron chi connectivity index (χ0n) is 25.0. The Kier molecular flexibility index (Phi) is 8.52. The van der Waals surface area contributed by atoms with Crippen molar-refractivity contribution in [1.29, 1.82) is 0 Å². The predicted molar refractivity (Wildman–Crippen MR) is 164 cm³/mol. The molecule has 3 heterocycles. The van der Waals surface area contributed by atoms with E-state index >= 15 is 0 Å². The Hall–Kier alpha value is -3.72. The van der Waals surface area contributed by atoms with Crippen LogP contribution in [0.5, 0.6) is 0 Å². The molecule has 43 heavy (non-hydrogen) atoms. The highest BCUT2D eigenvalue weighted by atomic mass is 19.1. The summed E-state index contributed by atoms with van der Waals surface area (Å²) in [6.45, 7) is 2.80. The van der Waals surface area contributed by atoms with E-state index in [1.54, 1.807) is 20.0 Å². The standard InChI is InChI=1S/C34H42FN5O3/c1-21(36-2)33(42)38-31(23-11-7-4-8-12-23)34(43)39-16-15-29-32(39)27(26-19-37-28-18-24(35)13-14-25(26)28)20-40(29)30(41)17-22-9-5-3-6-10-22/h3,5-6,9-10,13-14,18-19,21,23,27,29,31-32,36-37H,4,7-8,11-12,15-17,20H2,1-2H3,(H,38,42)/t21-,27+,29+,31-,32+/m0/s1. The molecule has 2 aromatic carbocycles. The number of aromatic nitrogens is 1. The van der Waals surface area contributed by atoms with Crippen LogP contribution in [0, 0.1) is 11.7 Å². The smallest absolute Gasteiger partial charge is 0.245 e. The van der Waals surface area contributed by atoms with E-state index < -0.39 is 12.1 Å². The molecule has 0 radical (unpaired) electrons. The minimum Gasteiger partial charge on any atom is -0.361 e. The molecule has 3 N–H and O–H groups in total. The van der Waals surface area contributed by atoms with Crippen molar-refractivity contribution in [2.24, 2.45) is 5.92 Å². The lowest BCUT2D eigenvalue weighted by Crippen LogP contribution is -2.57. The molecule has 0 spiro atoms. The zero-order valence-corrected chi connectivity index (χ0v) is 25.0. The van der Waals surface area contributed by atoms with Crippen LogP contribution in [0.1, 0.15) is 62.5 Å². The molecule has 3 aromatic rings. The highest BCUT2D eigenvalue weighted by molar-refractivity contribution is 5.91. The van der Waals surface area contributed by atoms with E-state index in [9.17, 15) is 18.8 Å². The number of rotatable bonds is 8. The van der Waals surface area contributed by atoms with Crippen molar-refractivity contribution >= 4 is 28.6 Å². The lowest BCUT2D eigenvalue weighted by molar-refractivity contribution is -0.140. The van der Waals surface area contributed by atoms with Crippen molar-refractivity contribution in [1.82, 2.24) is 25.4 Å². The Bertz CT molecular complexity index is 1470. The van der Waals surface area contributed by atoms with E-state index in [4.69, 9.17) is 0 Å². The first-order valence-corrected chi connectivity index (χ1v) is 15.7. The second-order valence-electron chi connectivity index (χ2n) is 12.5. The van der Waals surface area contributed by atoms with Crippen molar-refractivity contribution < 1.29 is 18.8 Å². The van der Waals surface area contributed by atoms with E-state index in [1.165, 1.54) is 12.1 Å². The third kappa shape index (κ3) is 5.79. The van der Waals surface area contributed by atoms with Crippen LogP contribution in [-0.4, -0.2) is 76.8 Å². The number of likely N-dealkylation sites (tertiary alicyclic amines) is 2. The van der Waals surface area contributed by atoms with Gasteiger partial charge in [-0.3, -0.25) is 14.4 Å². The Morgan fingerprint density at radius 1 is 1.02 bits per heavy atom. The molecule has 9 heteroatoms. The second-order valence-corrected chi connectivity index (χ2v) is 12.5. The molecule has 6 rings (SSSR count). The van der Waals surface area contributed by atoms with Gasteiger partial charge < -0.3 is 25.4 Å². The maximum atomic E-state index is 14.6. The van der Waals surface area contributed by atoms with Gasteiger partial charge in [-0.05, 0) is 68.5 Å². The van der Waals surface area contributed by atoms with Gasteiger partial charge in [-0.2, -0.15) is 0 Å². The first-order chi connectivity index (χ1) is 20.9. The molecule has 8 nitrogen and oxygen atoms in total. The minimum absolute atomic E-state index is 0.0452. The highest BCUT2D eigenvalue weighted by Gasteiger charge is 2.53. The maximum absolute atomic E-state index is 14.6. The quantitative estimate of drug-likeness (QED) is 0.370. The van der Waals surface area contributed by atoms with Crippen molar-refractivity contribution in [3.8, 4) is 0 Å². The van der Waals surface area contributed by atoms with E-state index in [0.717, 1.165) is 48.6 Å². The predicted octanol–water partition coefficient (Wildman–Crippen LogP) is 4.12. The minimum atomic E-state index is -0.603. The molecule has 1 aromatic heterocycles. The average Bonchev–Trinajstić information content (AvgIpc) is 3.74. The fraction of sp³-hybridized carbons (Fsp3) is 0.500. The van der Waals surface area contributed by atoms with Gasteiger partial charge in [0.1, 0.15) is 11.9 Å². The molecule has 3 fully saturated rings. The van der Waals surface area contributed by atoms with E-state index in [2.05, 4.69) is 15.6 Å². The summed E-state index contributed by atoms with van der Waals surface area (Å²) in [6, 6.07) is 13.1. The normalized spacial score (nSPS) is 23.7. The number of nitrogens with zero attached hydrogens (tertiary/aromatic N) is 2. The lowest BCUT2D eigenvalue weighted by atomic mass is 9.82. The molecule has 3 amide bonds. The van der Waals surface area contributed by atoms with Crippen molar-refractivity contribution in [2.75, 3.05) is 20.1 Å². The Labute approximate surface area is 252 Å². The Morgan fingerprint density at radius 3 is 2.53 bits per heavy atom. The summed E-state index contributed by atoms with van der Waals surface area (Å²) in [5.74, 6) is -0.560. The number of likely N-dealkylation sites (N-methyl/N-ethyl adjacent to an activating group) is 1. The molecule has 0 unspecified atom stereocenters. The number of aromatic amines is 1. The van der Waals surface area contributed by atoms with Crippen LogP contribution < -0.4 is 10.6 Å². The van der Waals surface area contributed by atoms with Gasteiger partial charge >= 0.3 is 0 Å². The molecule has 2 aliphatic heterocycles. The Morgan fingerprint density at radius 2 is 1.79 bits per heavy atom. The molecular formula is C34H42FN5O3. The molecule has 1 aliphatic carbocycles.